The molecule has 35 heavy (non-hydrogen) atoms. The molecule has 178 valence electrons. The third-order valence-corrected chi connectivity index (χ3v) is 7.00. The summed E-state index contributed by atoms with van der Waals surface area (Å²) in [5.74, 6) is -0.235. The van der Waals surface area contributed by atoms with Crippen molar-refractivity contribution in [1.29, 1.82) is 0 Å². The number of fused-ring (bicyclic) bond motifs is 2. The number of sulfonamides is 1. The van der Waals surface area contributed by atoms with Gasteiger partial charge in [-0.05, 0) is 41.6 Å². The highest BCUT2D eigenvalue weighted by Crippen LogP contribution is 2.20. The van der Waals surface area contributed by atoms with Crippen molar-refractivity contribution in [2.75, 3.05) is 7.05 Å². The highest BCUT2D eigenvalue weighted by molar-refractivity contribution is 7.88. The van der Waals surface area contributed by atoms with E-state index >= 15 is 0 Å². The van der Waals surface area contributed by atoms with Gasteiger partial charge in [-0.1, -0.05) is 48.0 Å². The number of nitrogens with zero attached hydrogens (tertiary/aromatic N) is 2. The number of hydrogen-bond acceptors (Lipinski definition) is 6. The molecule has 1 aromatic heterocycles. The van der Waals surface area contributed by atoms with Crippen molar-refractivity contribution in [2.24, 2.45) is 10.7 Å². The first kappa shape index (κ1) is 24.3. The van der Waals surface area contributed by atoms with Crippen LogP contribution in [0.25, 0.3) is 27.2 Å². The smallest absolute Gasteiger partial charge is 0.216 e. The number of benzene rings is 2. The van der Waals surface area contributed by atoms with Crippen LogP contribution in [0.1, 0.15) is 22.3 Å². The maximum Gasteiger partial charge on any atom is 0.216 e. The average Bonchev–Trinajstić information content (AvgIpc) is 2.98. The van der Waals surface area contributed by atoms with E-state index in [0.717, 1.165) is 11.1 Å². The number of aliphatic imine (C=N–C) groups is 1. The zero-order chi connectivity index (χ0) is 25.0. The largest absolute Gasteiger partial charge is 0.404 e. The Morgan fingerprint density at radius 2 is 1.74 bits per heavy atom. The molecular weight excluding hydrogens is 460 g/mol. The van der Waals surface area contributed by atoms with E-state index in [-0.39, 0.29) is 17.7 Å². The van der Waals surface area contributed by atoms with Crippen LogP contribution >= 0.6 is 0 Å². The van der Waals surface area contributed by atoms with E-state index < -0.39 is 10.0 Å². The van der Waals surface area contributed by atoms with Crippen molar-refractivity contribution in [3.05, 3.63) is 106 Å². The molecule has 3 N–H and O–H groups in total. The molecular formula is C27H26N4O3S. The summed E-state index contributed by atoms with van der Waals surface area (Å²) in [6, 6.07) is 18.1. The van der Waals surface area contributed by atoms with Crippen LogP contribution in [0.2, 0.25) is 0 Å². The van der Waals surface area contributed by atoms with E-state index in [2.05, 4.69) is 14.7 Å². The molecule has 0 atom stereocenters. The van der Waals surface area contributed by atoms with Gasteiger partial charge in [-0.25, -0.2) is 13.1 Å². The number of nitrogens with two attached hydrogens (primary N) is 1. The van der Waals surface area contributed by atoms with Gasteiger partial charge in [-0.2, -0.15) is 0 Å². The number of nitrogens with one attached hydrogen (secondary N) is 1. The minimum Gasteiger partial charge on any atom is -0.404 e. The molecule has 0 radical (unpaired) electrons. The Hall–Kier alpha value is -3.88. The first-order valence-electron chi connectivity index (χ1n) is 11.0. The lowest BCUT2D eigenvalue weighted by molar-refractivity contribution is 0.580. The number of aryl methyl sites for hydroxylation is 1. The highest BCUT2D eigenvalue weighted by Gasteiger charge is 2.13. The van der Waals surface area contributed by atoms with Gasteiger partial charge in [-0.15, -0.1) is 0 Å². The third-order valence-electron chi connectivity index (χ3n) is 5.70. The van der Waals surface area contributed by atoms with E-state index in [4.69, 9.17) is 5.73 Å². The summed E-state index contributed by atoms with van der Waals surface area (Å²) in [4.78, 5) is 21.9. The number of rotatable bonds is 7. The summed E-state index contributed by atoms with van der Waals surface area (Å²) < 4.78 is 28.1. The van der Waals surface area contributed by atoms with Crippen LogP contribution in [0, 0.1) is 6.92 Å². The predicted molar refractivity (Wildman–Crippen MR) is 143 cm³/mol. The van der Waals surface area contributed by atoms with Gasteiger partial charge in [0.1, 0.15) is 0 Å². The summed E-state index contributed by atoms with van der Waals surface area (Å²) in [6.07, 6.45) is 4.65. The fourth-order valence-electron chi connectivity index (χ4n) is 3.82. The molecule has 0 aliphatic heterocycles. The Morgan fingerprint density at radius 1 is 1.03 bits per heavy atom. The third kappa shape index (κ3) is 5.62. The lowest BCUT2D eigenvalue weighted by atomic mass is 10.1. The van der Waals surface area contributed by atoms with Crippen LogP contribution < -0.4 is 15.9 Å². The van der Waals surface area contributed by atoms with Crippen LogP contribution in [0.3, 0.4) is 0 Å². The number of hydrogen-bond donors (Lipinski definition) is 2. The molecule has 4 aromatic rings. The molecule has 1 heterocycles. The zero-order valence-electron chi connectivity index (χ0n) is 19.5. The van der Waals surface area contributed by atoms with Gasteiger partial charge in [0.15, 0.2) is 5.43 Å². The number of aromatic nitrogens is 1. The first-order chi connectivity index (χ1) is 16.8. The minimum atomic E-state index is -3.61. The van der Waals surface area contributed by atoms with Gasteiger partial charge >= 0.3 is 0 Å². The fourth-order valence-corrected chi connectivity index (χ4v) is 4.93. The van der Waals surface area contributed by atoms with Crippen LogP contribution in [-0.4, -0.2) is 26.7 Å². The average molecular weight is 487 g/mol. The molecule has 0 spiro atoms. The van der Waals surface area contributed by atoms with Gasteiger partial charge in [0.2, 0.25) is 10.0 Å². The van der Waals surface area contributed by atoms with Gasteiger partial charge in [0.05, 0.1) is 11.3 Å². The fraction of sp³-hybridized carbons (Fsp3) is 0.148. The summed E-state index contributed by atoms with van der Waals surface area (Å²) in [6.45, 7) is 2.18. The molecule has 4 rings (SSSR count). The van der Waals surface area contributed by atoms with Crippen molar-refractivity contribution in [2.45, 2.75) is 19.2 Å². The normalized spacial score (nSPS) is 12.6. The quantitative estimate of drug-likeness (QED) is 0.387. The van der Waals surface area contributed by atoms with Crippen molar-refractivity contribution in [3.8, 4) is 0 Å². The molecule has 3 aromatic carbocycles. The Labute approximate surface area is 204 Å². The van der Waals surface area contributed by atoms with Gasteiger partial charge in [-0.3, -0.25) is 14.8 Å². The second-order valence-corrected chi connectivity index (χ2v) is 10.1. The van der Waals surface area contributed by atoms with Crippen LogP contribution in [0.15, 0.2) is 82.8 Å². The van der Waals surface area contributed by atoms with Crippen LogP contribution in [0.4, 0.5) is 0 Å². The summed E-state index contributed by atoms with van der Waals surface area (Å²) in [7, 11) is -1.98. The van der Waals surface area contributed by atoms with Crippen molar-refractivity contribution >= 4 is 43.5 Å². The number of allylic oxidation sites excluding steroid dienone is 1. The Bertz CT molecular complexity index is 1630. The van der Waals surface area contributed by atoms with E-state index in [1.54, 1.807) is 49.8 Å². The summed E-state index contributed by atoms with van der Waals surface area (Å²) >= 11 is 0. The van der Waals surface area contributed by atoms with Gasteiger partial charge < -0.3 is 5.73 Å². The molecule has 8 heteroatoms. The highest BCUT2D eigenvalue weighted by atomic mass is 32.2. The summed E-state index contributed by atoms with van der Waals surface area (Å²) in [5.41, 5.74) is 9.84. The minimum absolute atomic E-state index is 0.203. The van der Waals surface area contributed by atoms with E-state index in [1.165, 1.54) is 6.20 Å². The predicted octanol–water partition coefficient (Wildman–Crippen LogP) is 3.68. The lowest BCUT2D eigenvalue weighted by Gasteiger charge is -2.08. The molecule has 0 aliphatic rings. The molecule has 0 aliphatic carbocycles. The SMILES string of the molecule is CN=CC(=CN)c1cnc2ccc3ccc(CS(=O)(=O)NCc4ccc(C)cc4)cc3c(=O)c2c1. The molecule has 0 saturated heterocycles. The van der Waals surface area contributed by atoms with Crippen LogP contribution in [-0.2, 0) is 22.3 Å². The zero-order valence-corrected chi connectivity index (χ0v) is 20.3. The van der Waals surface area contributed by atoms with E-state index in [0.29, 0.717) is 38.4 Å². The van der Waals surface area contributed by atoms with Crippen LogP contribution in [0.5, 0.6) is 0 Å². The van der Waals surface area contributed by atoms with Crippen molar-refractivity contribution in [1.82, 2.24) is 9.71 Å². The molecule has 0 amide bonds. The molecule has 0 fully saturated rings. The molecule has 7 nitrogen and oxygen atoms in total. The maximum absolute atomic E-state index is 13.5. The van der Waals surface area contributed by atoms with Crippen molar-refractivity contribution < 1.29 is 8.42 Å². The monoisotopic (exact) mass is 486 g/mol. The second-order valence-electron chi connectivity index (χ2n) is 8.32. The lowest BCUT2D eigenvalue weighted by Crippen LogP contribution is -2.24. The Balaban J connectivity index is 1.70. The molecule has 0 bridgehead atoms. The molecule has 0 saturated carbocycles. The van der Waals surface area contributed by atoms with E-state index in [9.17, 15) is 13.2 Å². The summed E-state index contributed by atoms with van der Waals surface area (Å²) in [5, 5.41) is 1.54. The van der Waals surface area contributed by atoms with E-state index in [1.807, 2.05) is 37.3 Å². The maximum atomic E-state index is 13.5. The Kier molecular flexibility index (Phi) is 7.04. The van der Waals surface area contributed by atoms with Gasteiger partial charge in [0, 0.05) is 54.1 Å². The number of pyridine rings is 1. The van der Waals surface area contributed by atoms with Crippen molar-refractivity contribution in [3.63, 3.8) is 0 Å². The molecule has 0 unspecified atom stereocenters. The standard InChI is InChI=1S/C27H26N4O3S/c1-18-3-5-19(6-4-18)14-31-35(33,34)17-20-7-8-21-9-10-26-25(27(32)24(21)11-20)12-22(16-30-26)23(13-28)15-29-2/h3-13,15-16,31H,14,17,28H2,1-2H3. The van der Waals surface area contributed by atoms with Gasteiger partial charge in [0.25, 0.3) is 0 Å². The Morgan fingerprint density at radius 3 is 2.46 bits per heavy atom. The second kappa shape index (κ2) is 10.2. The topological polar surface area (TPSA) is 115 Å². The first-order valence-corrected chi connectivity index (χ1v) is 12.7.